The predicted molar refractivity (Wildman–Crippen MR) is 103 cm³/mol. The molecule has 0 atom stereocenters. The smallest absolute Gasteiger partial charge is 0.254 e. The molecular formula is C21H24N2O4. The van der Waals surface area contributed by atoms with Crippen LogP contribution in [0.25, 0.3) is 0 Å². The van der Waals surface area contributed by atoms with Gasteiger partial charge in [-0.05, 0) is 36.8 Å². The van der Waals surface area contributed by atoms with E-state index in [1.54, 1.807) is 36.2 Å². The second-order valence-corrected chi connectivity index (χ2v) is 6.47. The summed E-state index contributed by atoms with van der Waals surface area (Å²) in [6.07, 6.45) is 0. The van der Waals surface area contributed by atoms with Crippen molar-refractivity contribution in [3.05, 3.63) is 59.2 Å². The third-order valence-electron chi connectivity index (χ3n) is 4.84. The molecule has 2 amide bonds. The first-order valence-electron chi connectivity index (χ1n) is 8.91. The number of hydrogen-bond donors (Lipinski definition) is 0. The first kappa shape index (κ1) is 18.8. The van der Waals surface area contributed by atoms with Crippen LogP contribution in [-0.2, 0) is 0 Å². The van der Waals surface area contributed by atoms with Crippen molar-refractivity contribution in [2.45, 2.75) is 6.92 Å². The molecule has 1 aliphatic heterocycles. The molecule has 6 nitrogen and oxygen atoms in total. The van der Waals surface area contributed by atoms with Gasteiger partial charge in [-0.3, -0.25) is 9.59 Å². The van der Waals surface area contributed by atoms with Crippen molar-refractivity contribution < 1.29 is 19.1 Å². The van der Waals surface area contributed by atoms with Crippen molar-refractivity contribution >= 4 is 11.8 Å². The minimum atomic E-state index is -0.0553. The largest absolute Gasteiger partial charge is 0.493 e. The summed E-state index contributed by atoms with van der Waals surface area (Å²) in [6, 6.07) is 12.7. The Morgan fingerprint density at radius 1 is 0.815 bits per heavy atom. The average Bonchev–Trinajstić information content (AvgIpc) is 2.73. The Morgan fingerprint density at radius 2 is 1.33 bits per heavy atom. The summed E-state index contributed by atoms with van der Waals surface area (Å²) in [4.78, 5) is 29.1. The zero-order valence-electron chi connectivity index (χ0n) is 15.9. The van der Waals surface area contributed by atoms with Crippen molar-refractivity contribution in [1.29, 1.82) is 0 Å². The second kappa shape index (κ2) is 8.12. The van der Waals surface area contributed by atoms with E-state index < -0.39 is 0 Å². The van der Waals surface area contributed by atoms with E-state index in [2.05, 4.69) is 0 Å². The fourth-order valence-corrected chi connectivity index (χ4v) is 3.26. The van der Waals surface area contributed by atoms with Crippen LogP contribution in [0.15, 0.2) is 42.5 Å². The molecule has 0 unspecified atom stereocenters. The Labute approximate surface area is 159 Å². The van der Waals surface area contributed by atoms with Crippen molar-refractivity contribution in [3.63, 3.8) is 0 Å². The maximum Gasteiger partial charge on any atom is 0.254 e. The first-order valence-corrected chi connectivity index (χ1v) is 8.91. The standard InChI is InChI=1S/C21H24N2O4/c1-15-13-18(26-2)19(27-3)14-17(15)21(25)23-11-9-22(10-12-23)20(24)16-7-5-4-6-8-16/h4-8,13-14H,9-12H2,1-3H3. The summed E-state index contributed by atoms with van der Waals surface area (Å²) in [6.45, 7) is 3.93. The quantitative estimate of drug-likeness (QED) is 0.832. The van der Waals surface area contributed by atoms with Gasteiger partial charge in [-0.25, -0.2) is 0 Å². The highest BCUT2D eigenvalue weighted by molar-refractivity contribution is 5.97. The monoisotopic (exact) mass is 368 g/mol. The number of nitrogens with zero attached hydrogens (tertiary/aromatic N) is 2. The third-order valence-corrected chi connectivity index (χ3v) is 4.84. The molecule has 1 saturated heterocycles. The number of carbonyl (C=O) groups excluding carboxylic acids is 2. The normalized spacial score (nSPS) is 14.0. The van der Waals surface area contributed by atoms with E-state index in [9.17, 15) is 9.59 Å². The lowest BCUT2D eigenvalue weighted by molar-refractivity contribution is 0.0535. The van der Waals surface area contributed by atoms with Gasteiger partial charge in [-0.2, -0.15) is 0 Å². The van der Waals surface area contributed by atoms with Gasteiger partial charge in [0.15, 0.2) is 11.5 Å². The highest BCUT2D eigenvalue weighted by Crippen LogP contribution is 2.31. The van der Waals surface area contributed by atoms with Gasteiger partial charge in [0.05, 0.1) is 14.2 Å². The van der Waals surface area contributed by atoms with Crippen LogP contribution < -0.4 is 9.47 Å². The number of amides is 2. The van der Waals surface area contributed by atoms with Gasteiger partial charge in [0.1, 0.15) is 0 Å². The molecule has 1 aliphatic rings. The molecule has 0 radical (unpaired) electrons. The molecule has 0 spiro atoms. The number of hydrogen-bond acceptors (Lipinski definition) is 4. The van der Waals surface area contributed by atoms with E-state index in [0.29, 0.717) is 48.8 Å². The van der Waals surface area contributed by atoms with E-state index in [1.807, 2.05) is 37.3 Å². The van der Waals surface area contributed by atoms with E-state index in [4.69, 9.17) is 9.47 Å². The highest BCUT2D eigenvalue weighted by atomic mass is 16.5. The molecule has 0 bridgehead atoms. The number of methoxy groups -OCH3 is 2. The molecule has 0 aliphatic carbocycles. The van der Waals surface area contributed by atoms with Crippen LogP contribution in [0.3, 0.4) is 0 Å². The fraction of sp³-hybridized carbons (Fsp3) is 0.333. The molecule has 2 aromatic rings. The number of ether oxygens (including phenoxy) is 2. The molecule has 27 heavy (non-hydrogen) atoms. The lowest BCUT2D eigenvalue weighted by Gasteiger charge is -2.35. The van der Waals surface area contributed by atoms with Gasteiger partial charge >= 0.3 is 0 Å². The minimum absolute atomic E-state index is 0.00463. The Hall–Kier alpha value is -3.02. The van der Waals surface area contributed by atoms with Gasteiger partial charge < -0.3 is 19.3 Å². The summed E-state index contributed by atoms with van der Waals surface area (Å²) in [5, 5.41) is 0. The average molecular weight is 368 g/mol. The third kappa shape index (κ3) is 3.89. The second-order valence-electron chi connectivity index (χ2n) is 6.47. The van der Waals surface area contributed by atoms with Crippen LogP contribution >= 0.6 is 0 Å². The van der Waals surface area contributed by atoms with Crippen molar-refractivity contribution in [3.8, 4) is 11.5 Å². The summed E-state index contributed by atoms with van der Waals surface area (Å²) in [5.41, 5.74) is 2.10. The molecule has 6 heteroatoms. The van der Waals surface area contributed by atoms with E-state index in [0.717, 1.165) is 5.56 Å². The van der Waals surface area contributed by atoms with E-state index >= 15 is 0 Å². The Balaban J connectivity index is 1.69. The van der Waals surface area contributed by atoms with Crippen LogP contribution in [0.1, 0.15) is 26.3 Å². The van der Waals surface area contributed by atoms with Crippen LogP contribution in [0, 0.1) is 6.92 Å². The van der Waals surface area contributed by atoms with Crippen molar-refractivity contribution in [2.24, 2.45) is 0 Å². The maximum absolute atomic E-state index is 13.0. The van der Waals surface area contributed by atoms with Crippen LogP contribution in [0.5, 0.6) is 11.5 Å². The lowest BCUT2D eigenvalue weighted by Crippen LogP contribution is -2.50. The van der Waals surface area contributed by atoms with Crippen molar-refractivity contribution in [1.82, 2.24) is 9.80 Å². The SMILES string of the molecule is COc1cc(C)c(C(=O)N2CCN(C(=O)c3ccccc3)CC2)cc1OC. The number of aryl methyl sites for hydroxylation is 1. The Kier molecular flexibility index (Phi) is 5.64. The Morgan fingerprint density at radius 3 is 1.89 bits per heavy atom. The predicted octanol–water partition coefficient (Wildman–Crippen LogP) is 2.61. The molecule has 0 saturated carbocycles. The summed E-state index contributed by atoms with van der Waals surface area (Å²) in [5.74, 6) is 1.08. The number of rotatable bonds is 4. The molecule has 142 valence electrons. The zero-order chi connectivity index (χ0) is 19.4. The molecular weight excluding hydrogens is 344 g/mol. The molecule has 0 aromatic heterocycles. The summed E-state index contributed by atoms with van der Waals surface area (Å²) >= 11 is 0. The Bertz CT molecular complexity index is 828. The molecule has 2 aromatic carbocycles. The molecule has 1 heterocycles. The van der Waals surface area contributed by atoms with Crippen LogP contribution in [-0.4, -0.2) is 62.0 Å². The maximum atomic E-state index is 13.0. The summed E-state index contributed by atoms with van der Waals surface area (Å²) in [7, 11) is 3.12. The topological polar surface area (TPSA) is 59.1 Å². The number of carbonyl (C=O) groups is 2. The fourth-order valence-electron chi connectivity index (χ4n) is 3.26. The molecule has 0 N–H and O–H groups in total. The van der Waals surface area contributed by atoms with Crippen LogP contribution in [0.2, 0.25) is 0 Å². The first-order chi connectivity index (χ1) is 13.0. The van der Waals surface area contributed by atoms with Crippen molar-refractivity contribution in [2.75, 3.05) is 40.4 Å². The lowest BCUT2D eigenvalue weighted by atomic mass is 10.1. The molecule has 1 fully saturated rings. The van der Waals surface area contributed by atoms with Gasteiger partial charge in [-0.1, -0.05) is 18.2 Å². The zero-order valence-corrected chi connectivity index (χ0v) is 15.9. The van der Waals surface area contributed by atoms with Crippen LogP contribution in [0.4, 0.5) is 0 Å². The van der Waals surface area contributed by atoms with Gasteiger partial charge in [0.2, 0.25) is 0 Å². The highest BCUT2D eigenvalue weighted by Gasteiger charge is 2.27. The number of benzene rings is 2. The minimum Gasteiger partial charge on any atom is -0.493 e. The van der Waals surface area contributed by atoms with E-state index in [-0.39, 0.29) is 11.8 Å². The van der Waals surface area contributed by atoms with Gasteiger partial charge in [-0.15, -0.1) is 0 Å². The van der Waals surface area contributed by atoms with E-state index in [1.165, 1.54) is 0 Å². The van der Waals surface area contributed by atoms with Gasteiger partial charge in [0, 0.05) is 37.3 Å². The molecule has 3 rings (SSSR count). The van der Waals surface area contributed by atoms with Gasteiger partial charge in [0.25, 0.3) is 11.8 Å². The number of piperazine rings is 1. The summed E-state index contributed by atoms with van der Waals surface area (Å²) < 4.78 is 10.6.